The van der Waals surface area contributed by atoms with E-state index in [0.29, 0.717) is 30.2 Å². The smallest absolute Gasteiger partial charge is 0.243 e. The van der Waals surface area contributed by atoms with Crippen molar-refractivity contribution in [2.24, 2.45) is 0 Å². The number of carbonyl (C=O) groups excluding carboxylic acids is 2. The lowest BCUT2D eigenvalue weighted by molar-refractivity contribution is -0.141. The maximum atomic E-state index is 13.9. The normalized spacial score (nSPS) is 12.0. The summed E-state index contributed by atoms with van der Waals surface area (Å²) in [7, 11) is -2.03. The summed E-state index contributed by atoms with van der Waals surface area (Å²) >= 11 is 0. The molecule has 0 radical (unpaired) electrons. The maximum Gasteiger partial charge on any atom is 0.243 e. The lowest BCUT2D eigenvalue weighted by Gasteiger charge is -2.32. The number of amides is 2. The lowest BCUT2D eigenvalue weighted by atomic mass is 10.0. The quantitative estimate of drug-likeness (QED) is 0.250. The molecule has 0 saturated heterocycles. The van der Waals surface area contributed by atoms with E-state index in [1.54, 1.807) is 36.3 Å². The Morgan fingerprint density at radius 3 is 2.19 bits per heavy atom. The molecule has 10 heteroatoms. The molecule has 0 unspecified atom stereocenters. The number of hydrogen-bond acceptors (Lipinski definition) is 6. The Kier molecular flexibility index (Phi) is 12.4. The number of anilines is 1. The van der Waals surface area contributed by atoms with Crippen LogP contribution in [0.15, 0.2) is 78.9 Å². The number of sulfonamides is 1. The molecule has 0 aliphatic carbocycles. The van der Waals surface area contributed by atoms with E-state index in [0.717, 1.165) is 17.4 Å². The van der Waals surface area contributed by atoms with E-state index in [-0.39, 0.29) is 43.8 Å². The van der Waals surface area contributed by atoms with Gasteiger partial charge in [-0.1, -0.05) is 42.5 Å². The fraction of sp³-hybridized carbons (Fsp3) is 0.394. The van der Waals surface area contributed by atoms with E-state index in [9.17, 15) is 18.0 Å². The van der Waals surface area contributed by atoms with Crippen LogP contribution in [0.4, 0.5) is 5.69 Å². The van der Waals surface area contributed by atoms with Gasteiger partial charge in [0.2, 0.25) is 21.8 Å². The number of benzene rings is 3. The zero-order valence-electron chi connectivity index (χ0n) is 25.7. The standard InChI is InChI=1S/C33H43N3O6S/c1-6-42-29-19-17-28(18-20-29)36(43(5,39)40)21-11-16-32(37)35(24-27-14-10-15-30(22-27)41-4)31(33(38)34-25(2)3)23-26-12-8-7-9-13-26/h7-10,12-15,17-20,22,25,31H,6,11,16,21,23-24H2,1-5H3,(H,34,38)/t31-/m0/s1. The molecule has 232 valence electrons. The van der Waals surface area contributed by atoms with Gasteiger partial charge in [0.15, 0.2) is 0 Å². The highest BCUT2D eigenvalue weighted by Crippen LogP contribution is 2.23. The van der Waals surface area contributed by atoms with Crippen molar-refractivity contribution in [3.63, 3.8) is 0 Å². The SMILES string of the molecule is CCOc1ccc(N(CCCC(=O)N(Cc2cccc(OC)c2)[C@@H](Cc2ccccc2)C(=O)NC(C)C)S(C)(=O)=O)cc1. The molecule has 0 heterocycles. The first-order valence-corrected chi connectivity index (χ1v) is 16.3. The largest absolute Gasteiger partial charge is 0.497 e. The fourth-order valence-corrected chi connectivity index (χ4v) is 5.75. The van der Waals surface area contributed by atoms with Gasteiger partial charge in [0.05, 0.1) is 25.7 Å². The van der Waals surface area contributed by atoms with Crippen LogP contribution in [-0.4, -0.2) is 63.7 Å². The molecule has 0 aliphatic heterocycles. The van der Waals surface area contributed by atoms with E-state index in [4.69, 9.17) is 9.47 Å². The zero-order valence-corrected chi connectivity index (χ0v) is 26.5. The van der Waals surface area contributed by atoms with Crippen LogP contribution >= 0.6 is 0 Å². The van der Waals surface area contributed by atoms with Crippen LogP contribution in [0, 0.1) is 0 Å². The molecular weight excluding hydrogens is 566 g/mol. The van der Waals surface area contributed by atoms with Crippen LogP contribution in [0.1, 0.15) is 44.7 Å². The van der Waals surface area contributed by atoms with Gasteiger partial charge >= 0.3 is 0 Å². The Morgan fingerprint density at radius 2 is 1.58 bits per heavy atom. The fourth-order valence-electron chi connectivity index (χ4n) is 4.78. The van der Waals surface area contributed by atoms with Gasteiger partial charge in [0.1, 0.15) is 17.5 Å². The van der Waals surface area contributed by atoms with Gasteiger partial charge in [0.25, 0.3) is 0 Å². The average Bonchev–Trinajstić information content (AvgIpc) is 2.97. The molecule has 3 aromatic rings. The van der Waals surface area contributed by atoms with Crippen molar-refractivity contribution in [3.05, 3.63) is 90.0 Å². The molecular formula is C33H43N3O6S. The maximum absolute atomic E-state index is 13.9. The van der Waals surface area contributed by atoms with E-state index >= 15 is 0 Å². The molecule has 0 bridgehead atoms. The third kappa shape index (κ3) is 10.3. The van der Waals surface area contributed by atoms with Crippen molar-refractivity contribution in [2.75, 3.05) is 30.8 Å². The highest BCUT2D eigenvalue weighted by Gasteiger charge is 2.31. The monoisotopic (exact) mass is 609 g/mol. The topological polar surface area (TPSA) is 105 Å². The van der Waals surface area contributed by atoms with E-state index < -0.39 is 16.1 Å². The van der Waals surface area contributed by atoms with Gasteiger partial charge in [-0.05, 0) is 74.7 Å². The van der Waals surface area contributed by atoms with Crippen molar-refractivity contribution in [2.45, 2.75) is 58.7 Å². The molecule has 2 amide bonds. The van der Waals surface area contributed by atoms with Gasteiger partial charge in [-0.2, -0.15) is 0 Å². The minimum atomic E-state index is -3.61. The molecule has 1 atom stereocenters. The number of rotatable bonds is 16. The molecule has 3 aromatic carbocycles. The predicted octanol–water partition coefficient (Wildman–Crippen LogP) is 4.80. The Hall–Kier alpha value is -4.05. The van der Waals surface area contributed by atoms with Crippen molar-refractivity contribution >= 4 is 27.5 Å². The Labute approximate surface area is 255 Å². The summed E-state index contributed by atoms with van der Waals surface area (Å²) in [5.41, 5.74) is 2.23. The first kappa shape index (κ1) is 33.5. The van der Waals surface area contributed by atoms with Crippen LogP contribution in [0.3, 0.4) is 0 Å². The van der Waals surface area contributed by atoms with Gasteiger partial charge in [-0.3, -0.25) is 13.9 Å². The molecule has 0 saturated carbocycles. The summed E-state index contributed by atoms with van der Waals surface area (Å²) in [5.74, 6) is 0.799. The highest BCUT2D eigenvalue weighted by molar-refractivity contribution is 7.92. The summed E-state index contributed by atoms with van der Waals surface area (Å²) < 4.78 is 37.5. The molecule has 9 nitrogen and oxygen atoms in total. The van der Waals surface area contributed by atoms with Crippen LogP contribution in [0.25, 0.3) is 0 Å². The van der Waals surface area contributed by atoms with E-state index in [1.807, 2.05) is 75.4 Å². The number of methoxy groups -OCH3 is 1. The molecule has 0 aromatic heterocycles. The summed E-state index contributed by atoms with van der Waals surface area (Å²) in [6, 6.07) is 22.9. The van der Waals surface area contributed by atoms with Crippen molar-refractivity contribution in [1.29, 1.82) is 0 Å². The van der Waals surface area contributed by atoms with Crippen LogP contribution in [0.2, 0.25) is 0 Å². The van der Waals surface area contributed by atoms with E-state index in [2.05, 4.69) is 5.32 Å². The summed E-state index contributed by atoms with van der Waals surface area (Å²) in [4.78, 5) is 29.1. The summed E-state index contributed by atoms with van der Waals surface area (Å²) in [5, 5.41) is 2.98. The second-order valence-corrected chi connectivity index (χ2v) is 12.5. The first-order chi connectivity index (χ1) is 20.5. The van der Waals surface area contributed by atoms with Crippen molar-refractivity contribution < 1.29 is 27.5 Å². The second-order valence-electron chi connectivity index (χ2n) is 10.6. The zero-order chi connectivity index (χ0) is 31.4. The van der Waals surface area contributed by atoms with Crippen LogP contribution in [0.5, 0.6) is 11.5 Å². The number of hydrogen-bond donors (Lipinski definition) is 1. The molecule has 0 fully saturated rings. The van der Waals surface area contributed by atoms with Gasteiger partial charge < -0.3 is 19.7 Å². The van der Waals surface area contributed by atoms with Crippen LogP contribution in [-0.2, 0) is 32.6 Å². The third-order valence-corrected chi connectivity index (χ3v) is 7.97. The summed E-state index contributed by atoms with van der Waals surface area (Å²) in [6.45, 7) is 6.44. The lowest BCUT2D eigenvalue weighted by Crippen LogP contribution is -2.51. The van der Waals surface area contributed by atoms with E-state index in [1.165, 1.54) is 4.31 Å². The van der Waals surface area contributed by atoms with Crippen molar-refractivity contribution in [3.8, 4) is 11.5 Å². The molecule has 43 heavy (non-hydrogen) atoms. The molecule has 3 rings (SSSR count). The highest BCUT2D eigenvalue weighted by atomic mass is 32.2. The third-order valence-electron chi connectivity index (χ3n) is 6.78. The average molecular weight is 610 g/mol. The molecule has 0 spiro atoms. The Morgan fingerprint density at radius 1 is 0.907 bits per heavy atom. The molecule has 1 N–H and O–H groups in total. The molecule has 0 aliphatic rings. The Balaban J connectivity index is 1.88. The van der Waals surface area contributed by atoms with Gasteiger partial charge in [0, 0.05) is 32.0 Å². The summed E-state index contributed by atoms with van der Waals surface area (Å²) in [6.07, 6.45) is 1.79. The minimum Gasteiger partial charge on any atom is -0.497 e. The predicted molar refractivity (Wildman–Crippen MR) is 170 cm³/mol. The number of nitrogens with one attached hydrogen (secondary N) is 1. The second kappa shape index (κ2) is 16.0. The van der Waals surface area contributed by atoms with Gasteiger partial charge in [-0.15, -0.1) is 0 Å². The van der Waals surface area contributed by atoms with Crippen LogP contribution < -0.4 is 19.1 Å². The first-order valence-electron chi connectivity index (χ1n) is 14.5. The number of nitrogens with zero attached hydrogens (tertiary/aromatic N) is 2. The van der Waals surface area contributed by atoms with Gasteiger partial charge in [-0.25, -0.2) is 8.42 Å². The van der Waals surface area contributed by atoms with Crippen molar-refractivity contribution in [1.82, 2.24) is 10.2 Å². The minimum absolute atomic E-state index is 0.0489. The Bertz CT molecular complexity index is 1430. The number of carbonyl (C=O) groups is 2. The number of ether oxygens (including phenoxy) is 2.